The van der Waals surface area contributed by atoms with Crippen LogP contribution in [0.1, 0.15) is 11.1 Å². The summed E-state index contributed by atoms with van der Waals surface area (Å²) in [7, 11) is 1.65. The third kappa shape index (κ3) is 4.25. The zero-order valence-electron chi connectivity index (χ0n) is 15.9. The first kappa shape index (κ1) is 19.0. The summed E-state index contributed by atoms with van der Waals surface area (Å²) in [4.78, 5) is 26.7. The van der Waals surface area contributed by atoms with Crippen molar-refractivity contribution >= 4 is 29.0 Å². The van der Waals surface area contributed by atoms with E-state index >= 15 is 0 Å². The Morgan fingerprint density at radius 1 is 0.897 bits per heavy atom. The molecule has 0 aromatic heterocycles. The number of methoxy groups -OCH3 is 1. The molecule has 0 aliphatic carbocycles. The van der Waals surface area contributed by atoms with Crippen molar-refractivity contribution in [3.63, 3.8) is 0 Å². The normalized spacial score (nSPS) is 15.2. The fourth-order valence-corrected chi connectivity index (χ4v) is 3.97. The van der Waals surface area contributed by atoms with E-state index in [-0.39, 0.29) is 17.7 Å². The van der Waals surface area contributed by atoms with Crippen molar-refractivity contribution in [3.8, 4) is 16.9 Å². The number of thioether (sulfide) groups is 1. The van der Waals surface area contributed by atoms with Crippen molar-refractivity contribution in [1.29, 1.82) is 0 Å². The van der Waals surface area contributed by atoms with Crippen molar-refractivity contribution in [1.82, 2.24) is 4.90 Å². The molecule has 3 aromatic rings. The van der Waals surface area contributed by atoms with Crippen LogP contribution in [0.4, 0.5) is 4.79 Å². The van der Waals surface area contributed by atoms with Gasteiger partial charge in [-0.05, 0) is 52.2 Å². The van der Waals surface area contributed by atoms with Gasteiger partial charge in [0.15, 0.2) is 0 Å². The first-order valence-corrected chi connectivity index (χ1v) is 9.99. The minimum atomic E-state index is -0.249. The molecule has 144 valence electrons. The van der Waals surface area contributed by atoms with Gasteiger partial charge in [-0.25, -0.2) is 0 Å². The standard InChI is InChI=1S/C24H19NO3S/c1-28-21-9-5-8-20(15-21)19-12-10-17(11-13-19)14-22-23(26)25(24(27)29-22)16-18-6-3-2-4-7-18/h2-15H,16H2,1H3. The molecule has 0 unspecified atom stereocenters. The number of carbonyl (C=O) groups is 2. The van der Waals surface area contributed by atoms with Crippen LogP contribution in [0.3, 0.4) is 0 Å². The van der Waals surface area contributed by atoms with Gasteiger partial charge in [0.25, 0.3) is 11.1 Å². The summed E-state index contributed by atoms with van der Waals surface area (Å²) in [6.45, 7) is 0.289. The molecule has 1 aliphatic rings. The van der Waals surface area contributed by atoms with Gasteiger partial charge in [-0.1, -0.05) is 66.7 Å². The summed E-state index contributed by atoms with van der Waals surface area (Å²) in [5.74, 6) is 0.555. The molecule has 3 aromatic carbocycles. The minimum Gasteiger partial charge on any atom is -0.497 e. The van der Waals surface area contributed by atoms with E-state index < -0.39 is 0 Å². The highest BCUT2D eigenvalue weighted by molar-refractivity contribution is 8.18. The van der Waals surface area contributed by atoms with Crippen molar-refractivity contribution in [3.05, 3.63) is 94.9 Å². The number of rotatable bonds is 5. The number of hydrogen-bond acceptors (Lipinski definition) is 4. The van der Waals surface area contributed by atoms with Crippen molar-refractivity contribution < 1.29 is 14.3 Å². The van der Waals surface area contributed by atoms with E-state index in [0.717, 1.165) is 39.8 Å². The quantitative estimate of drug-likeness (QED) is 0.522. The van der Waals surface area contributed by atoms with Crippen LogP contribution in [0.25, 0.3) is 17.2 Å². The second-order valence-corrected chi connectivity index (χ2v) is 7.60. The fourth-order valence-electron chi connectivity index (χ4n) is 3.13. The maximum atomic E-state index is 12.7. The van der Waals surface area contributed by atoms with Gasteiger partial charge in [0.1, 0.15) is 5.75 Å². The van der Waals surface area contributed by atoms with Crippen LogP contribution in [0.5, 0.6) is 5.75 Å². The third-order valence-corrected chi connectivity index (χ3v) is 5.58. The molecular weight excluding hydrogens is 382 g/mol. The number of ether oxygens (including phenoxy) is 1. The monoisotopic (exact) mass is 401 g/mol. The maximum absolute atomic E-state index is 12.7. The number of amides is 2. The number of benzene rings is 3. The van der Waals surface area contributed by atoms with Crippen LogP contribution in [0, 0.1) is 0 Å². The topological polar surface area (TPSA) is 46.6 Å². The molecule has 1 saturated heterocycles. The zero-order valence-corrected chi connectivity index (χ0v) is 16.7. The van der Waals surface area contributed by atoms with Crippen LogP contribution in [-0.2, 0) is 11.3 Å². The summed E-state index contributed by atoms with van der Waals surface area (Å²) in [6, 6.07) is 25.2. The number of nitrogens with zero attached hydrogens (tertiary/aromatic N) is 1. The fraction of sp³-hybridized carbons (Fsp3) is 0.0833. The summed E-state index contributed by atoms with van der Waals surface area (Å²) in [6.07, 6.45) is 1.77. The Bertz CT molecular complexity index is 1070. The lowest BCUT2D eigenvalue weighted by Crippen LogP contribution is -2.27. The van der Waals surface area contributed by atoms with Crippen molar-refractivity contribution in [2.45, 2.75) is 6.54 Å². The van der Waals surface area contributed by atoms with E-state index in [1.807, 2.05) is 78.9 Å². The molecule has 1 heterocycles. The molecule has 0 N–H and O–H groups in total. The molecule has 29 heavy (non-hydrogen) atoms. The van der Waals surface area contributed by atoms with E-state index in [1.165, 1.54) is 4.90 Å². The van der Waals surface area contributed by atoms with Gasteiger partial charge in [0.05, 0.1) is 18.6 Å². The molecule has 4 rings (SSSR count). The highest BCUT2D eigenvalue weighted by Crippen LogP contribution is 2.33. The smallest absolute Gasteiger partial charge is 0.293 e. The van der Waals surface area contributed by atoms with Gasteiger partial charge < -0.3 is 4.74 Å². The van der Waals surface area contributed by atoms with E-state index in [2.05, 4.69) is 0 Å². The molecule has 1 aliphatic heterocycles. The molecule has 1 fully saturated rings. The molecule has 5 heteroatoms. The minimum absolute atomic E-state index is 0.238. The van der Waals surface area contributed by atoms with Gasteiger partial charge in [-0.15, -0.1) is 0 Å². The second-order valence-electron chi connectivity index (χ2n) is 6.61. The van der Waals surface area contributed by atoms with Crippen LogP contribution in [0.15, 0.2) is 83.8 Å². The lowest BCUT2D eigenvalue weighted by Gasteiger charge is -2.12. The van der Waals surface area contributed by atoms with E-state index in [4.69, 9.17) is 4.74 Å². The average molecular weight is 401 g/mol. The Hall–Kier alpha value is -3.31. The average Bonchev–Trinajstić information content (AvgIpc) is 3.02. The van der Waals surface area contributed by atoms with Crippen LogP contribution in [-0.4, -0.2) is 23.2 Å². The van der Waals surface area contributed by atoms with E-state index in [9.17, 15) is 9.59 Å². The summed E-state index contributed by atoms with van der Waals surface area (Å²) >= 11 is 0.983. The SMILES string of the molecule is COc1cccc(-c2ccc(C=C3SC(=O)N(Cc4ccccc4)C3=O)cc2)c1. The Kier molecular flexibility index (Phi) is 5.49. The van der Waals surface area contributed by atoms with Gasteiger partial charge in [-0.2, -0.15) is 0 Å². The van der Waals surface area contributed by atoms with Crippen LogP contribution >= 0.6 is 11.8 Å². The largest absolute Gasteiger partial charge is 0.497 e. The highest BCUT2D eigenvalue weighted by Gasteiger charge is 2.34. The number of hydrogen-bond donors (Lipinski definition) is 0. The molecular formula is C24H19NO3S. The second kappa shape index (κ2) is 8.37. The molecule has 0 atom stereocenters. The van der Waals surface area contributed by atoms with Gasteiger partial charge in [0, 0.05) is 0 Å². The Labute approximate surface area is 173 Å². The summed E-state index contributed by atoms with van der Waals surface area (Å²) < 4.78 is 5.28. The Balaban J connectivity index is 1.52. The van der Waals surface area contributed by atoms with E-state index in [1.54, 1.807) is 13.2 Å². The van der Waals surface area contributed by atoms with Gasteiger partial charge in [0.2, 0.25) is 0 Å². The molecule has 0 saturated carbocycles. The Morgan fingerprint density at radius 3 is 2.38 bits per heavy atom. The molecule has 0 radical (unpaired) electrons. The molecule has 2 amide bonds. The van der Waals surface area contributed by atoms with Crippen LogP contribution in [0.2, 0.25) is 0 Å². The Morgan fingerprint density at radius 2 is 1.66 bits per heavy atom. The first-order valence-electron chi connectivity index (χ1n) is 9.18. The van der Waals surface area contributed by atoms with Gasteiger partial charge in [-0.3, -0.25) is 14.5 Å². The number of imide groups is 1. The molecule has 4 nitrogen and oxygen atoms in total. The third-order valence-electron chi connectivity index (χ3n) is 4.67. The maximum Gasteiger partial charge on any atom is 0.293 e. The van der Waals surface area contributed by atoms with Gasteiger partial charge >= 0.3 is 0 Å². The molecule has 0 bridgehead atoms. The first-order chi connectivity index (χ1) is 14.1. The van der Waals surface area contributed by atoms with Crippen molar-refractivity contribution in [2.24, 2.45) is 0 Å². The summed E-state index contributed by atoms with van der Waals surface area (Å²) in [5, 5.41) is -0.238. The lowest BCUT2D eigenvalue weighted by atomic mass is 10.0. The lowest BCUT2D eigenvalue weighted by molar-refractivity contribution is -0.123. The van der Waals surface area contributed by atoms with E-state index in [0.29, 0.717) is 4.91 Å². The van der Waals surface area contributed by atoms with Crippen LogP contribution < -0.4 is 4.74 Å². The predicted octanol–water partition coefficient (Wildman–Crippen LogP) is 5.60. The highest BCUT2D eigenvalue weighted by atomic mass is 32.2. The zero-order chi connectivity index (χ0) is 20.2. The summed E-state index contributed by atoms with van der Waals surface area (Å²) in [5.41, 5.74) is 3.91. The predicted molar refractivity (Wildman–Crippen MR) is 116 cm³/mol. The molecule has 0 spiro atoms. The number of carbonyl (C=O) groups excluding carboxylic acids is 2. The van der Waals surface area contributed by atoms with Crippen molar-refractivity contribution in [2.75, 3.05) is 7.11 Å².